The molecule has 0 atom stereocenters. The Balaban J connectivity index is 1.97. The highest BCUT2D eigenvalue weighted by Gasteiger charge is 2.52. The molecule has 6 heteroatoms. The SMILES string of the molecule is CC(=O)OCCc1c(B2OC(C)(C)C(C)(C)O2)[nH]c2ccccc12. The molecule has 0 radical (unpaired) electrons. The zero-order chi connectivity index (χ0) is 17.5. The summed E-state index contributed by atoms with van der Waals surface area (Å²) in [7, 11) is -0.463. The van der Waals surface area contributed by atoms with Crippen molar-refractivity contribution in [1.29, 1.82) is 0 Å². The summed E-state index contributed by atoms with van der Waals surface area (Å²) in [5.74, 6) is -0.271. The molecule has 5 nitrogen and oxygen atoms in total. The van der Waals surface area contributed by atoms with Crippen molar-refractivity contribution in [1.82, 2.24) is 4.98 Å². The fraction of sp³-hybridized carbons (Fsp3) is 0.500. The van der Waals surface area contributed by atoms with Crippen LogP contribution in [0.3, 0.4) is 0 Å². The van der Waals surface area contributed by atoms with E-state index >= 15 is 0 Å². The predicted octanol–water partition coefficient (Wildman–Crippen LogP) is 2.57. The Kier molecular flexibility index (Phi) is 4.22. The molecule has 2 aromatic rings. The van der Waals surface area contributed by atoms with Crippen molar-refractivity contribution in [2.45, 2.75) is 52.2 Å². The number of aromatic amines is 1. The molecule has 1 N–H and O–H groups in total. The van der Waals surface area contributed by atoms with Crippen molar-refractivity contribution in [3.63, 3.8) is 0 Å². The van der Waals surface area contributed by atoms with Crippen LogP contribution in [0.25, 0.3) is 10.9 Å². The molecule has 0 saturated carbocycles. The number of fused-ring (bicyclic) bond motifs is 1. The zero-order valence-corrected chi connectivity index (χ0v) is 14.9. The number of nitrogens with one attached hydrogen (secondary N) is 1. The van der Waals surface area contributed by atoms with Crippen molar-refractivity contribution in [3.8, 4) is 0 Å². The van der Waals surface area contributed by atoms with E-state index < -0.39 is 18.3 Å². The first-order chi connectivity index (χ1) is 11.2. The molecule has 2 heterocycles. The minimum atomic E-state index is -0.463. The van der Waals surface area contributed by atoms with Gasteiger partial charge in [0.05, 0.1) is 17.8 Å². The Bertz CT molecular complexity index is 749. The van der Waals surface area contributed by atoms with Crippen LogP contribution in [-0.2, 0) is 25.3 Å². The molecule has 1 aliphatic heterocycles. The second-order valence-corrected chi connectivity index (χ2v) is 7.24. The van der Waals surface area contributed by atoms with E-state index in [1.807, 2.05) is 45.9 Å². The number of hydrogen-bond acceptors (Lipinski definition) is 4. The zero-order valence-electron chi connectivity index (χ0n) is 14.9. The maximum absolute atomic E-state index is 11.1. The number of H-pyrrole nitrogens is 1. The molecule has 0 bridgehead atoms. The van der Waals surface area contributed by atoms with Gasteiger partial charge in [0.2, 0.25) is 0 Å². The number of ether oxygens (including phenoxy) is 1. The number of rotatable bonds is 4. The van der Waals surface area contributed by atoms with Gasteiger partial charge in [0.25, 0.3) is 0 Å². The van der Waals surface area contributed by atoms with Crippen molar-refractivity contribution < 1.29 is 18.8 Å². The first kappa shape index (κ1) is 17.1. The Hall–Kier alpha value is -1.79. The molecular weight excluding hydrogens is 305 g/mol. The first-order valence-electron chi connectivity index (χ1n) is 8.30. The van der Waals surface area contributed by atoms with Crippen LogP contribution in [0.4, 0.5) is 0 Å². The maximum Gasteiger partial charge on any atom is 0.512 e. The second-order valence-electron chi connectivity index (χ2n) is 7.24. The molecule has 3 rings (SSSR count). The van der Waals surface area contributed by atoms with Gasteiger partial charge in [0.15, 0.2) is 0 Å². The fourth-order valence-corrected chi connectivity index (χ4v) is 2.95. The van der Waals surface area contributed by atoms with Gasteiger partial charge in [-0.2, -0.15) is 0 Å². The van der Waals surface area contributed by atoms with E-state index in [1.54, 1.807) is 0 Å². The van der Waals surface area contributed by atoms with Crippen molar-refractivity contribution in [3.05, 3.63) is 29.8 Å². The van der Waals surface area contributed by atoms with Crippen LogP contribution in [0.5, 0.6) is 0 Å². The molecule has 1 aliphatic rings. The molecule has 24 heavy (non-hydrogen) atoms. The molecule has 0 unspecified atom stereocenters. The second kappa shape index (κ2) is 5.94. The quantitative estimate of drug-likeness (QED) is 0.692. The Labute approximate surface area is 142 Å². The molecule has 128 valence electrons. The summed E-state index contributed by atoms with van der Waals surface area (Å²) in [4.78, 5) is 14.5. The first-order valence-corrected chi connectivity index (χ1v) is 8.30. The molecule has 0 amide bonds. The van der Waals surface area contributed by atoms with Gasteiger partial charge in [-0.25, -0.2) is 0 Å². The number of carbonyl (C=O) groups excluding carboxylic acids is 1. The summed E-state index contributed by atoms with van der Waals surface area (Å²) in [5.41, 5.74) is 2.21. The topological polar surface area (TPSA) is 60.6 Å². The third-order valence-corrected chi connectivity index (χ3v) is 4.99. The van der Waals surface area contributed by atoms with E-state index in [9.17, 15) is 4.79 Å². The summed E-state index contributed by atoms with van der Waals surface area (Å²) in [6, 6.07) is 8.07. The number of benzene rings is 1. The number of esters is 1. The van der Waals surface area contributed by atoms with Gasteiger partial charge in [0.1, 0.15) is 0 Å². The average molecular weight is 329 g/mol. The number of para-hydroxylation sites is 1. The smallest absolute Gasteiger partial charge is 0.466 e. The molecule has 0 aliphatic carbocycles. The number of hydrogen-bond donors (Lipinski definition) is 1. The molecule has 1 aromatic carbocycles. The van der Waals surface area contributed by atoms with Crippen LogP contribution in [0.2, 0.25) is 0 Å². The van der Waals surface area contributed by atoms with Crippen molar-refractivity contribution in [2.75, 3.05) is 6.61 Å². The number of carbonyl (C=O) groups is 1. The molecule has 0 spiro atoms. The standard InChI is InChI=1S/C18H24BNO4/c1-12(21)22-11-10-14-13-8-6-7-9-15(13)20-16(14)19-23-17(2,3)18(4,5)24-19/h6-9,20H,10-11H2,1-5H3. The highest BCUT2D eigenvalue weighted by molar-refractivity contribution is 6.62. The fourth-order valence-electron chi connectivity index (χ4n) is 2.95. The van der Waals surface area contributed by atoms with Crippen LogP contribution < -0.4 is 5.59 Å². The Morgan fingerprint density at radius 3 is 2.42 bits per heavy atom. The van der Waals surface area contributed by atoms with Gasteiger partial charge in [-0.05, 0) is 39.3 Å². The van der Waals surface area contributed by atoms with Crippen LogP contribution >= 0.6 is 0 Å². The van der Waals surface area contributed by atoms with E-state index in [0.717, 1.165) is 22.1 Å². The Morgan fingerprint density at radius 1 is 1.17 bits per heavy atom. The predicted molar refractivity (Wildman–Crippen MR) is 94.4 cm³/mol. The Morgan fingerprint density at radius 2 is 1.79 bits per heavy atom. The summed E-state index contributed by atoms with van der Waals surface area (Å²) in [5, 5.41) is 1.11. The van der Waals surface area contributed by atoms with E-state index in [0.29, 0.717) is 13.0 Å². The molecule has 1 saturated heterocycles. The summed E-state index contributed by atoms with van der Waals surface area (Å²) >= 11 is 0. The summed E-state index contributed by atoms with van der Waals surface area (Å²) < 4.78 is 17.5. The van der Waals surface area contributed by atoms with E-state index in [2.05, 4.69) is 11.1 Å². The van der Waals surface area contributed by atoms with Crippen molar-refractivity contribution >= 4 is 29.6 Å². The van der Waals surface area contributed by atoms with Crippen LogP contribution in [-0.4, -0.2) is 35.9 Å². The lowest BCUT2D eigenvalue weighted by molar-refractivity contribution is -0.140. The van der Waals surface area contributed by atoms with Gasteiger partial charge in [-0.3, -0.25) is 4.79 Å². The minimum absolute atomic E-state index is 0.271. The largest absolute Gasteiger partial charge is 0.512 e. The molecular formula is C18H24BNO4. The van der Waals surface area contributed by atoms with E-state index in [-0.39, 0.29) is 5.97 Å². The van der Waals surface area contributed by atoms with E-state index in [4.69, 9.17) is 14.0 Å². The lowest BCUT2D eigenvalue weighted by Gasteiger charge is -2.32. The third-order valence-electron chi connectivity index (χ3n) is 4.99. The lowest BCUT2D eigenvalue weighted by Crippen LogP contribution is -2.41. The van der Waals surface area contributed by atoms with Gasteiger partial charge in [0, 0.05) is 29.8 Å². The highest BCUT2D eigenvalue weighted by Crippen LogP contribution is 2.37. The van der Waals surface area contributed by atoms with Crippen LogP contribution in [0.15, 0.2) is 24.3 Å². The third kappa shape index (κ3) is 2.96. The molecule has 1 aromatic heterocycles. The van der Waals surface area contributed by atoms with Crippen LogP contribution in [0.1, 0.15) is 40.2 Å². The summed E-state index contributed by atoms with van der Waals surface area (Å²) in [6.07, 6.45) is 0.614. The lowest BCUT2D eigenvalue weighted by atomic mass is 9.81. The average Bonchev–Trinajstić information content (AvgIpc) is 2.94. The highest BCUT2D eigenvalue weighted by atomic mass is 16.7. The van der Waals surface area contributed by atoms with Gasteiger partial charge >= 0.3 is 13.1 Å². The minimum Gasteiger partial charge on any atom is -0.466 e. The maximum atomic E-state index is 11.1. The normalized spacial score (nSPS) is 19.0. The number of aromatic nitrogens is 1. The van der Waals surface area contributed by atoms with Gasteiger partial charge in [-0.1, -0.05) is 18.2 Å². The van der Waals surface area contributed by atoms with Crippen molar-refractivity contribution in [2.24, 2.45) is 0 Å². The monoisotopic (exact) mass is 329 g/mol. The van der Waals surface area contributed by atoms with Gasteiger partial charge in [-0.15, -0.1) is 0 Å². The van der Waals surface area contributed by atoms with Gasteiger partial charge < -0.3 is 19.0 Å². The summed E-state index contributed by atoms with van der Waals surface area (Å²) in [6.45, 7) is 9.90. The van der Waals surface area contributed by atoms with E-state index in [1.165, 1.54) is 6.92 Å². The molecule has 1 fully saturated rings. The van der Waals surface area contributed by atoms with Crippen LogP contribution in [0, 0.1) is 0 Å².